The summed E-state index contributed by atoms with van der Waals surface area (Å²) in [6.45, 7) is -0.682. The van der Waals surface area contributed by atoms with Crippen molar-refractivity contribution in [1.82, 2.24) is 9.80 Å². The van der Waals surface area contributed by atoms with E-state index >= 15 is 0 Å². The Labute approximate surface area is 163 Å². The van der Waals surface area contributed by atoms with Gasteiger partial charge in [0.05, 0.1) is 6.54 Å². The Kier molecular flexibility index (Phi) is 6.80. The maximum absolute atomic E-state index is 12.9. The second-order valence-corrected chi connectivity index (χ2v) is 7.31. The molecule has 1 unspecified atom stereocenters. The number of nitrogens with zero attached hydrogens (tertiary/aromatic N) is 2. The van der Waals surface area contributed by atoms with Crippen LogP contribution >= 0.6 is 0 Å². The molecule has 0 aliphatic carbocycles. The monoisotopic (exact) mass is 392 g/mol. The molecule has 0 radical (unpaired) electrons. The van der Waals surface area contributed by atoms with Gasteiger partial charge in [-0.15, -0.1) is 0 Å². The van der Waals surface area contributed by atoms with Gasteiger partial charge in [-0.2, -0.15) is 8.78 Å². The number of carboxylic acid groups (broad SMARTS) is 1. The number of alkyl halides is 2. The number of likely N-dealkylation sites (N-methyl/N-ethyl adjacent to an activating group) is 1. The fraction of sp³-hybridized carbons (Fsp3) is 0.476. The van der Waals surface area contributed by atoms with Gasteiger partial charge < -0.3 is 9.84 Å². The summed E-state index contributed by atoms with van der Waals surface area (Å²) in [7, 11) is 1.84. The van der Waals surface area contributed by atoms with E-state index in [0.717, 1.165) is 48.7 Å². The molecule has 1 aliphatic rings. The zero-order chi connectivity index (χ0) is 20.1. The third kappa shape index (κ3) is 5.17. The van der Waals surface area contributed by atoms with Crippen LogP contribution < -0.4 is 4.74 Å². The number of fused-ring (bicyclic) bond motifs is 1. The third-order valence-corrected chi connectivity index (χ3v) is 5.39. The molecule has 5 nitrogen and oxygen atoms in total. The van der Waals surface area contributed by atoms with Crippen molar-refractivity contribution < 1.29 is 23.4 Å². The molecule has 28 heavy (non-hydrogen) atoms. The summed E-state index contributed by atoms with van der Waals surface area (Å²) < 4.78 is 30.6. The molecule has 7 heteroatoms. The van der Waals surface area contributed by atoms with Crippen LogP contribution in [0, 0.1) is 0 Å². The zero-order valence-corrected chi connectivity index (χ0v) is 16.0. The Morgan fingerprint density at radius 3 is 2.79 bits per heavy atom. The van der Waals surface area contributed by atoms with E-state index in [9.17, 15) is 13.6 Å². The van der Waals surface area contributed by atoms with Crippen LogP contribution in [0.2, 0.25) is 0 Å². The lowest BCUT2D eigenvalue weighted by Gasteiger charge is -2.26. The van der Waals surface area contributed by atoms with Crippen molar-refractivity contribution in [1.29, 1.82) is 0 Å². The number of benzene rings is 2. The van der Waals surface area contributed by atoms with E-state index in [2.05, 4.69) is 4.90 Å². The maximum Gasteiger partial charge on any atom is 0.387 e. The average Bonchev–Trinajstić information content (AvgIpc) is 2.88. The fourth-order valence-corrected chi connectivity index (χ4v) is 3.99. The van der Waals surface area contributed by atoms with Crippen LogP contribution in [0.25, 0.3) is 10.8 Å². The van der Waals surface area contributed by atoms with E-state index in [1.54, 1.807) is 12.1 Å². The van der Waals surface area contributed by atoms with Crippen molar-refractivity contribution in [2.75, 3.05) is 26.7 Å². The number of rotatable bonds is 7. The molecule has 0 aromatic heterocycles. The molecule has 1 saturated heterocycles. The van der Waals surface area contributed by atoms with Crippen molar-refractivity contribution in [3.8, 4) is 5.75 Å². The van der Waals surface area contributed by atoms with Crippen LogP contribution in [-0.2, 0) is 11.3 Å². The van der Waals surface area contributed by atoms with Gasteiger partial charge in [-0.1, -0.05) is 30.3 Å². The summed E-state index contributed by atoms with van der Waals surface area (Å²) in [5.41, 5.74) is 0.774. The van der Waals surface area contributed by atoms with Gasteiger partial charge in [-0.3, -0.25) is 14.6 Å². The van der Waals surface area contributed by atoms with Crippen LogP contribution in [0.15, 0.2) is 36.4 Å². The topological polar surface area (TPSA) is 53.0 Å². The molecule has 1 atom stereocenters. The lowest BCUT2D eigenvalue weighted by Crippen LogP contribution is -2.36. The van der Waals surface area contributed by atoms with Gasteiger partial charge in [0.25, 0.3) is 0 Å². The molecule has 0 amide bonds. The highest BCUT2D eigenvalue weighted by atomic mass is 19.3. The molecule has 1 aliphatic heterocycles. The predicted octanol–water partition coefficient (Wildman–Crippen LogP) is 3.81. The standard InChI is InChI=1S/C21H26F2N2O3/c1-24(14-20(26)27)16-6-4-11-25(12-10-16)13-18-17-7-3-2-5-15(17)8-9-19(18)28-21(22)23/h2-3,5,7-9,16,21H,4,6,10-14H2,1H3,(H,26,27). The summed E-state index contributed by atoms with van der Waals surface area (Å²) in [5.74, 6) is -0.606. The molecule has 1 fully saturated rings. The number of halogens is 2. The van der Waals surface area contributed by atoms with Crippen LogP contribution in [0.5, 0.6) is 5.75 Å². The Hall–Kier alpha value is -2.25. The number of hydrogen-bond acceptors (Lipinski definition) is 4. The minimum absolute atomic E-state index is 0.0281. The molecule has 0 spiro atoms. The molecule has 1 N–H and O–H groups in total. The van der Waals surface area contributed by atoms with Gasteiger partial charge in [0, 0.05) is 18.2 Å². The van der Waals surface area contributed by atoms with E-state index in [-0.39, 0.29) is 18.3 Å². The van der Waals surface area contributed by atoms with Crippen LogP contribution in [-0.4, -0.2) is 60.2 Å². The summed E-state index contributed by atoms with van der Waals surface area (Å²) in [6, 6.07) is 11.4. The van der Waals surface area contributed by atoms with Crippen LogP contribution in [0.1, 0.15) is 24.8 Å². The lowest BCUT2D eigenvalue weighted by molar-refractivity contribution is -0.138. The first-order valence-electron chi connectivity index (χ1n) is 9.54. The quantitative estimate of drug-likeness (QED) is 0.777. The zero-order valence-electron chi connectivity index (χ0n) is 16.0. The highest BCUT2D eigenvalue weighted by Crippen LogP contribution is 2.31. The highest BCUT2D eigenvalue weighted by Gasteiger charge is 2.23. The molecular formula is C21H26F2N2O3. The Morgan fingerprint density at radius 2 is 2.04 bits per heavy atom. The Bertz CT molecular complexity index is 815. The smallest absolute Gasteiger partial charge is 0.387 e. The summed E-state index contributed by atoms with van der Waals surface area (Å²) >= 11 is 0. The van der Waals surface area contributed by atoms with Gasteiger partial charge in [-0.25, -0.2) is 0 Å². The van der Waals surface area contributed by atoms with E-state index in [4.69, 9.17) is 9.84 Å². The fourth-order valence-electron chi connectivity index (χ4n) is 3.99. The second kappa shape index (κ2) is 9.30. The van der Waals surface area contributed by atoms with Gasteiger partial charge >= 0.3 is 12.6 Å². The highest BCUT2D eigenvalue weighted by molar-refractivity contribution is 5.87. The average molecular weight is 392 g/mol. The van der Waals surface area contributed by atoms with Crippen LogP contribution in [0.3, 0.4) is 0 Å². The second-order valence-electron chi connectivity index (χ2n) is 7.31. The SMILES string of the molecule is CN(CC(=O)O)C1CCCN(Cc2c(OC(F)F)ccc3ccccc23)CC1. The van der Waals surface area contributed by atoms with E-state index in [1.807, 2.05) is 36.2 Å². The number of hydrogen-bond donors (Lipinski definition) is 1. The molecular weight excluding hydrogens is 366 g/mol. The first-order valence-corrected chi connectivity index (χ1v) is 9.54. The molecule has 2 aromatic carbocycles. The summed E-state index contributed by atoms with van der Waals surface area (Å²) in [5, 5.41) is 10.9. The van der Waals surface area contributed by atoms with Crippen molar-refractivity contribution in [3.05, 3.63) is 42.0 Å². The molecule has 3 rings (SSSR count). The van der Waals surface area contributed by atoms with Crippen molar-refractivity contribution >= 4 is 16.7 Å². The Balaban J connectivity index is 1.77. The van der Waals surface area contributed by atoms with Gasteiger partial charge in [-0.05, 0) is 56.2 Å². The summed E-state index contributed by atoms with van der Waals surface area (Å²) in [6.07, 6.45) is 2.71. The number of ether oxygens (including phenoxy) is 1. The first kappa shape index (κ1) is 20.5. The normalized spacial score (nSPS) is 18.5. The maximum atomic E-state index is 12.9. The van der Waals surface area contributed by atoms with E-state index < -0.39 is 12.6 Å². The first-order chi connectivity index (χ1) is 13.4. The van der Waals surface area contributed by atoms with Crippen molar-refractivity contribution in [2.24, 2.45) is 0 Å². The van der Waals surface area contributed by atoms with E-state index in [1.165, 1.54) is 0 Å². The predicted molar refractivity (Wildman–Crippen MR) is 104 cm³/mol. The Morgan fingerprint density at radius 1 is 1.25 bits per heavy atom. The van der Waals surface area contributed by atoms with Crippen LogP contribution in [0.4, 0.5) is 8.78 Å². The van der Waals surface area contributed by atoms with Crippen molar-refractivity contribution in [3.63, 3.8) is 0 Å². The molecule has 2 aromatic rings. The number of likely N-dealkylation sites (tertiary alicyclic amines) is 1. The number of carboxylic acids is 1. The molecule has 1 heterocycles. The number of carbonyl (C=O) groups is 1. The van der Waals surface area contributed by atoms with Gasteiger partial charge in [0.15, 0.2) is 0 Å². The van der Waals surface area contributed by atoms with Gasteiger partial charge in [0.1, 0.15) is 5.75 Å². The third-order valence-electron chi connectivity index (χ3n) is 5.39. The number of aliphatic carboxylic acids is 1. The molecule has 0 bridgehead atoms. The van der Waals surface area contributed by atoms with E-state index in [0.29, 0.717) is 6.54 Å². The largest absolute Gasteiger partial charge is 0.480 e. The summed E-state index contributed by atoms with van der Waals surface area (Å²) in [4.78, 5) is 15.1. The molecule has 152 valence electrons. The lowest BCUT2D eigenvalue weighted by atomic mass is 10.0. The van der Waals surface area contributed by atoms with Crippen molar-refractivity contribution in [2.45, 2.75) is 38.5 Å². The minimum atomic E-state index is -2.86. The molecule has 0 saturated carbocycles. The minimum Gasteiger partial charge on any atom is -0.480 e. The van der Waals surface area contributed by atoms with Gasteiger partial charge in [0.2, 0.25) is 0 Å².